The molecule has 29 heavy (non-hydrogen) atoms. The Hall–Kier alpha value is -1.12. The Balaban J connectivity index is 1.80. The molecule has 3 heteroatoms. The predicted octanol–water partition coefficient (Wildman–Crippen LogP) is 6.52. The average Bonchev–Trinajstić information content (AvgIpc) is 2.99. The molecule has 2 saturated carbocycles. The van der Waals surface area contributed by atoms with Crippen molar-refractivity contribution in [3.05, 3.63) is 12.2 Å². The van der Waals surface area contributed by atoms with E-state index in [-0.39, 0.29) is 29.0 Å². The van der Waals surface area contributed by atoms with Crippen molar-refractivity contribution in [2.45, 2.75) is 92.4 Å². The molecule has 3 nitrogen and oxygen atoms in total. The van der Waals surface area contributed by atoms with Gasteiger partial charge in [-0.05, 0) is 79.6 Å². The second-order valence-electron chi connectivity index (χ2n) is 11.3. The third-order valence-electron chi connectivity index (χ3n) is 9.24. The Bertz CT molecular complexity index is 650. The number of hydrogen-bond donors (Lipinski definition) is 1. The van der Waals surface area contributed by atoms with E-state index in [9.17, 15) is 14.7 Å². The molecular weight excluding hydrogens is 360 g/mol. The molecule has 7 atom stereocenters. The summed E-state index contributed by atoms with van der Waals surface area (Å²) in [6, 6.07) is 0. The summed E-state index contributed by atoms with van der Waals surface area (Å²) in [5, 5.41) is 10.3. The third kappa shape index (κ3) is 4.08. The average molecular weight is 403 g/mol. The summed E-state index contributed by atoms with van der Waals surface area (Å²) in [7, 11) is 0. The minimum Gasteiger partial charge on any atom is -0.481 e. The van der Waals surface area contributed by atoms with E-state index in [0.29, 0.717) is 11.8 Å². The van der Waals surface area contributed by atoms with E-state index in [1.165, 1.54) is 19.3 Å². The summed E-state index contributed by atoms with van der Waals surface area (Å²) in [5.74, 6) is 1.34. The first kappa shape index (κ1) is 22.6. The van der Waals surface area contributed by atoms with Gasteiger partial charge >= 0.3 is 5.97 Å². The van der Waals surface area contributed by atoms with Crippen LogP contribution in [0.1, 0.15) is 92.4 Å². The topological polar surface area (TPSA) is 54.4 Å². The predicted molar refractivity (Wildman–Crippen MR) is 118 cm³/mol. The van der Waals surface area contributed by atoms with Crippen LogP contribution in [0.2, 0.25) is 0 Å². The fraction of sp³-hybridized carbons (Fsp3) is 0.846. The van der Waals surface area contributed by atoms with E-state index in [1.54, 1.807) is 6.08 Å². The van der Waals surface area contributed by atoms with Crippen LogP contribution in [0.25, 0.3) is 0 Å². The Morgan fingerprint density at radius 2 is 1.83 bits per heavy atom. The molecule has 0 aromatic rings. The molecule has 0 aromatic carbocycles. The zero-order valence-electron chi connectivity index (χ0n) is 19.2. The van der Waals surface area contributed by atoms with E-state index in [1.807, 2.05) is 13.0 Å². The molecule has 0 saturated heterocycles. The maximum absolute atomic E-state index is 12.8. The number of carboxylic acids is 1. The van der Waals surface area contributed by atoms with Gasteiger partial charge < -0.3 is 5.11 Å². The highest BCUT2D eigenvalue weighted by Gasteiger charge is 2.60. The van der Waals surface area contributed by atoms with Gasteiger partial charge in [0.1, 0.15) is 0 Å². The van der Waals surface area contributed by atoms with Crippen molar-refractivity contribution >= 4 is 11.8 Å². The van der Waals surface area contributed by atoms with Gasteiger partial charge in [0.05, 0.1) is 5.92 Å². The number of rotatable bonds is 7. The number of carbonyl (C=O) groups excluding carboxylic acids is 1. The number of fused-ring (bicyclic) bond motifs is 1. The monoisotopic (exact) mass is 402 g/mol. The maximum atomic E-state index is 12.8. The minimum atomic E-state index is -0.664. The number of allylic oxidation sites excluding steroid dienone is 2. The van der Waals surface area contributed by atoms with Gasteiger partial charge in [-0.2, -0.15) is 0 Å². The number of hydrogen-bond acceptors (Lipinski definition) is 2. The van der Waals surface area contributed by atoms with Crippen LogP contribution in [0.3, 0.4) is 0 Å². The molecule has 0 aromatic heterocycles. The summed E-state index contributed by atoms with van der Waals surface area (Å²) in [6.45, 7) is 11.4. The lowest BCUT2D eigenvalue weighted by Gasteiger charge is -2.52. The third-order valence-corrected chi connectivity index (χ3v) is 9.24. The second kappa shape index (κ2) is 8.55. The molecule has 1 N–H and O–H groups in total. The number of aliphatic carboxylic acids is 1. The zero-order valence-corrected chi connectivity index (χ0v) is 19.2. The van der Waals surface area contributed by atoms with Crippen LogP contribution < -0.4 is 0 Å². The van der Waals surface area contributed by atoms with Gasteiger partial charge in [-0.25, -0.2) is 0 Å². The van der Waals surface area contributed by atoms with E-state index >= 15 is 0 Å². The molecule has 0 heterocycles. The summed E-state index contributed by atoms with van der Waals surface area (Å²) in [4.78, 5) is 25.4. The van der Waals surface area contributed by atoms with Crippen molar-refractivity contribution in [3.8, 4) is 0 Å². The first-order valence-corrected chi connectivity index (χ1v) is 12.0. The summed E-state index contributed by atoms with van der Waals surface area (Å²) < 4.78 is 0. The van der Waals surface area contributed by atoms with Crippen LogP contribution in [0.4, 0.5) is 0 Å². The number of carboxylic acid groups (broad SMARTS) is 1. The quantitative estimate of drug-likeness (QED) is 0.527. The lowest BCUT2D eigenvalue weighted by Crippen LogP contribution is -2.52. The van der Waals surface area contributed by atoms with Crippen LogP contribution in [-0.2, 0) is 9.59 Å². The van der Waals surface area contributed by atoms with Crippen molar-refractivity contribution in [2.24, 2.45) is 46.3 Å². The SMILES string of the molecule is CC(C)CCC[C@@H](C)[C@H]1CC[C@H]2[C@H](C(=O)O)[C@@H]([C@@]3(C)CCC=CC3=O)CC[C@]12C. The molecule has 0 unspecified atom stereocenters. The molecule has 0 bridgehead atoms. The molecular formula is C26H42O3. The summed E-state index contributed by atoms with van der Waals surface area (Å²) in [5.41, 5.74) is -0.388. The van der Waals surface area contributed by atoms with E-state index in [0.717, 1.165) is 44.4 Å². The number of carbonyl (C=O) groups is 2. The smallest absolute Gasteiger partial charge is 0.307 e. The van der Waals surface area contributed by atoms with E-state index in [2.05, 4.69) is 27.7 Å². The van der Waals surface area contributed by atoms with Gasteiger partial charge in [-0.1, -0.05) is 60.0 Å². The zero-order chi connectivity index (χ0) is 21.4. The van der Waals surface area contributed by atoms with Crippen molar-refractivity contribution < 1.29 is 14.7 Å². The maximum Gasteiger partial charge on any atom is 0.307 e. The molecule has 3 aliphatic carbocycles. The highest BCUT2D eigenvalue weighted by molar-refractivity contribution is 5.96. The Morgan fingerprint density at radius 1 is 1.10 bits per heavy atom. The van der Waals surface area contributed by atoms with E-state index < -0.39 is 11.4 Å². The summed E-state index contributed by atoms with van der Waals surface area (Å²) >= 11 is 0. The molecule has 0 radical (unpaired) electrons. The van der Waals surface area contributed by atoms with Crippen molar-refractivity contribution in [3.63, 3.8) is 0 Å². The van der Waals surface area contributed by atoms with Crippen molar-refractivity contribution in [1.82, 2.24) is 0 Å². The first-order valence-electron chi connectivity index (χ1n) is 12.0. The van der Waals surface area contributed by atoms with Crippen molar-refractivity contribution in [2.75, 3.05) is 0 Å². The van der Waals surface area contributed by atoms with Gasteiger partial charge in [0.25, 0.3) is 0 Å². The lowest BCUT2D eigenvalue weighted by atomic mass is 9.50. The lowest BCUT2D eigenvalue weighted by molar-refractivity contribution is -0.159. The number of ketones is 1. The highest BCUT2D eigenvalue weighted by Crippen LogP contribution is 2.64. The normalized spacial score (nSPS) is 40.8. The molecule has 3 aliphatic rings. The summed E-state index contributed by atoms with van der Waals surface area (Å²) in [6.07, 6.45) is 13.3. The van der Waals surface area contributed by atoms with Crippen LogP contribution in [0.5, 0.6) is 0 Å². The first-order chi connectivity index (χ1) is 13.6. The highest BCUT2D eigenvalue weighted by atomic mass is 16.4. The van der Waals surface area contributed by atoms with Gasteiger partial charge in [0.2, 0.25) is 0 Å². The van der Waals surface area contributed by atoms with Gasteiger partial charge in [0.15, 0.2) is 5.78 Å². The molecule has 2 fully saturated rings. The fourth-order valence-electron chi connectivity index (χ4n) is 7.48. The van der Waals surface area contributed by atoms with Crippen molar-refractivity contribution in [1.29, 1.82) is 0 Å². The molecule has 0 spiro atoms. The largest absolute Gasteiger partial charge is 0.481 e. The Morgan fingerprint density at radius 3 is 2.45 bits per heavy atom. The van der Waals surface area contributed by atoms with Gasteiger partial charge in [0, 0.05) is 5.41 Å². The molecule has 0 amide bonds. The molecule has 0 aliphatic heterocycles. The molecule has 164 valence electrons. The van der Waals surface area contributed by atoms with Crippen LogP contribution >= 0.6 is 0 Å². The van der Waals surface area contributed by atoms with Crippen LogP contribution in [-0.4, -0.2) is 16.9 Å². The van der Waals surface area contributed by atoms with Crippen LogP contribution in [0, 0.1) is 46.3 Å². The second-order valence-corrected chi connectivity index (χ2v) is 11.3. The van der Waals surface area contributed by atoms with Gasteiger partial charge in [-0.3, -0.25) is 9.59 Å². The fourth-order valence-corrected chi connectivity index (χ4v) is 7.48. The van der Waals surface area contributed by atoms with Gasteiger partial charge in [-0.15, -0.1) is 0 Å². The Labute approximate surface area is 177 Å². The molecule has 3 rings (SSSR count). The van der Waals surface area contributed by atoms with E-state index in [4.69, 9.17) is 0 Å². The minimum absolute atomic E-state index is 0.0227. The Kier molecular flexibility index (Phi) is 6.65. The standard InChI is InChI=1S/C26H42O3/c1-17(2)9-8-10-18(3)19-12-13-20-23(24(28)29)21(14-16-25(19,20)4)26(5)15-7-6-11-22(26)27/h6,11,17-21,23H,7-10,12-16H2,1-5H3,(H,28,29)/t18-,19-,20+,21+,23+,25-,26-/m1/s1. The van der Waals surface area contributed by atoms with Crippen LogP contribution in [0.15, 0.2) is 12.2 Å².